The average molecular weight is 175 g/mol. The van der Waals surface area contributed by atoms with Gasteiger partial charge in [-0.1, -0.05) is 29.8 Å². The van der Waals surface area contributed by atoms with Crippen molar-refractivity contribution in [2.24, 2.45) is 11.7 Å². The van der Waals surface area contributed by atoms with Gasteiger partial charge in [-0.25, -0.2) is 0 Å². The van der Waals surface area contributed by atoms with Crippen LogP contribution >= 0.6 is 0 Å². The van der Waals surface area contributed by atoms with Crippen LogP contribution in [-0.2, 0) is 0 Å². The van der Waals surface area contributed by atoms with Crippen LogP contribution in [0.4, 0.5) is 0 Å². The molecule has 70 valence electrons. The smallest absolute Gasteiger partial charge is 0.00448 e. The third-order valence-electron chi connectivity index (χ3n) is 3.02. The third-order valence-corrected chi connectivity index (χ3v) is 3.02. The monoisotopic (exact) mass is 175 g/mol. The minimum atomic E-state index is 0.353. The first-order chi connectivity index (χ1) is 6.18. The second kappa shape index (κ2) is 3.15. The van der Waals surface area contributed by atoms with Gasteiger partial charge in [-0.2, -0.15) is 0 Å². The average Bonchev–Trinajstić information content (AvgIpc) is 2.85. The number of rotatable bonds is 2. The van der Waals surface area contributed by atoms with Crippen LogP contribution in [0, 0.1) is 12.8 Å². The van der Waals surface area contributed by atoms with Crippen LogP contribution in [0.3, 0.4) is 0 Å². The van der Waals surface area contributed by atoms with Gasteiger partial charge in [0.1, 0.15) is 0 Å². The summed E-state index contributed by atoms with van der Waals surface area (Å²) in [5, 5.41) is 0. The number of benzene rings is 1. The maximum atomic E-state index is 5.86. The summed E-state index contributed by atoms with van der Waals surface area (Å²) in [5.74, 6) is 1.46. The molecule has 0 radical (unpaired) electrons. The zero-order valence-electron chi connectivity index (χ0n) is 8.33. The Balaban J connectivity index is 2.08. The highest BCUT2D eigenvalue weighted by Gasteiger charge is 2.40. The van der Waals surface area contributed by atoms with E-state index in [0.717, 1.165) is 11.8 Å². The van der Waals surface area contributed by atoms with E-state index in [2.05, 4.69) is 38.1 Å². The Morgan fingerprint density at radius 2 is 1.92 bits per heavy atom. The summed E-state index contributed by atoms with van der Waals surface area (Å²) < 4.78 is 0. The third kappa shape index (κ3) is 1.75. The number of hydrogen-bond acceptors (Lipinski definition) is 1. The zero-order valence-corrected chi connectivity index (χ0v) is 8.33. The van der Waals surface area contributed by atoms with E-state index in [0.29, 0.717) is 6.04 Å². The molecule has 0 aromatic heterocycles. The van der Waals surface area contributed by atoms with Gasteiger partial charge in [0.15, 0.2) is 0 Å². The van der Waals surface area contributed by atoms with Gasteiger partial charge in [0, 0.05) is 6.04 Å². The standard InChI is InChI=1S/C12H17N/c1-8-3-5-10(6-4-8)12-7-11(12)9(2)13/h3-6,9,11-12H,7,13H2,1-2H3/t9-,11+,12-/m1/s1. The Morgan fingerprint density at radius 3 is 2.38 bits per heavy atom. The first-order valence-electron chi connectivity index (χ1n) is 5.00. The van der Waals surface area contributed by atoms with Crippen LogP contribution in [0.15, 0.2) is 24.3 Å². The summed E-state index contributed by atoms with van der Waals surface area (Å²) in [4.78, 5) is 0. The molecule has 2 N–H and O–H groups in total. The summed E-state index contributed by atoms with van der Waals surface area (Å²) in [6.07, 6.45) is 1.28. The molecular weight excluding hydrogens is 158 g/mol. The highest BCUT2D eigenvalue weighted by atomic mass is 14.7. The van der Waals surface area contributed by atoms with E-state index in [1.807, 2.05) is 0 Å². The van der Waals surface area contributed by atoms with E-state index in [1.165, 1.54) is 17.5 Å². The molecule has 1 aliphatic rings. The largest absolute Gasteiger partial charge is 0.328 e. The molecule has 2 rings (SSSR count). The highest BCUT2D eigenvalue weighted by molar-refractivity contribution is 5.29. The molecule has 0 aliphatic heterocycles. The van der Waals surface area contributed by atoms with Gasteiger partial charge in [0.05, 0.1) is 0 Å². The lowest BCUT2D eigenvalue weighted by Crippen LogP contribution is -2.17. The van der Waals surface area contributed by atoms with Crippen molar-refractivity contribution < 1.29 is 0 Å². The van der Waals surface area contributed by atoms with Crippen molar-refractivity contribution >= 4 is 0 Å². The minimum Gasteiger partial charge on any atom is -0.328 e. The van der Waals surface area contributed by atoms with Crippen molar-refractivity contribution in [3.05, 3.63) is 35.4 Å². The molecule has 1 fully saturated rings. The van der Waals surface area contributed by atoms with Crippen LogP contribution in [0.1, 0.15) is 30.4 Å². The summed E-state index contributed by atoms with van der Waals surface area (Å²) in [6.45, 7) is 4.23. The first-order valence-corrected chi connectivity index (χ1v) is 5.00. The minimum absolute atomic E-state index is 0.353. The molecule has 0 bridgehead atoms. The highest BCUT2D eigenvalue weighted by Crippen LogP contribution is 2.48. The van der Waals surface area contributed by atoms with Crippen molar-refractivity contribution in [3.8, 4) is 0 Å². The van der Waals surface area contributed by atoms with E-state index >= 15 is 0 Å². The second-order valence-electron chi connectivity index (χ2n) is 4.28. The molecule has 1 heteroatoms. The maximum absolute atomic E-state index is 5.86. The SMILES string of the molecule is Cc1ccc([C@H]2C[C@H]2[C@@H](C)N)cc1. The van der Waals surface area contributed by atoms with E-state index < -0.39 is 0 Å². The lowest BCUT2D eigenvalue weighted by Gasteiger charge is -2.04. The molecule has 1 aromatic carbocycles. The Bertz CT molecular complexity index is 286. The molecule has 1 saturated carbocycles. The Morgan fingerprint density at radius 1 is 1.31 bits per heavy atom. The van der Waals surface area contributed by atoms with Crippen molar-refractivity contribution in [2.75, 3.05) is 0 Å². The second-order valence-corrected chi connectivity index (χ2v) is 4.28. The van der Waals surface area contributed by atoms with Crippen LogP contribution in [0.25, 0.3) is 0 Å². The molecule has 0 heterocycles. The van der Waals surface area contributed by atoms with Crippen LogP contribution in [-0.4, -0.2) is 6.04 Å². The van der Waals surface area contributed by atoms with Gasteiger partial charge in [-0.05, 0) is 37.7 Å². The molecular formula is C12H17N. The van der Waals surface area contributed by atoms with Crippen molar-refractivity contribution in [1.29, 1.82) is 0 Å². The Kier molecular flexibility index (Phi) is 2.12. The predicted molar refractivity (Wildman–Crippen MR) is 55.7 cm³/mol. The zero-order chi connectivity index (χ0) is 9.42. The first kappa shape index (κ1) is 8.76. The van der Waals surface area contributed by atoms with Crippen LogP contribution in [0.5, 0.6) is 0 Å². The summed E-state index contributed by atoms with van der Waals surface area (Å²) in [7, 11) is 0. The van der Waals surface area contributed by atoms with E-state index in [9.17, 15) is 0 Å². The number of nitrogens with two attached hydrogens (primary N) is 1. The van der Waals surface area contributed by atoms with Crippen molar-refractivity contribution in [2.45, 2.75) is 32.2 Å². The van der Waals surface area contributed by atoms with E-state index in [-0.39, 0.29) is 0 Å². The van der Waals surface area contributed by atoms with E-state index in [4.69, 9.17) is 5.73 Å². The van der Waals surface area contributed by atoms with Gasteiger partial charge < -0.3 is 5.73 Å². The molecule has 0 spiro atoms. The Labute approximate surface area is 80.0 Å². The molecule has 0 amide bonds. The molecule has 3 atom stereocenters. The lowest BCUT2D eigenvalue weighted by atomic mass is 10.1. The summed E-state index contributed by atoms with van der Waals surface area (Å²) >= 11 is 0. The lowest BCUT2D eigenvalue weighted by molar-refractivity contribution is 0.631. The normalized spacial score (nSPS) is 28.5. The van der Waals surface area contributed by atoms with Gasteiger partial charge in [0.2, 0.25) is 0 Å². The summed E-state index contributed by atoms with van der Waals surface area (Å²) in [5.41, 5.74) is 8.66. The van der Waals surface area contributed by atoms with Gasteiger partial charge in [0.25, 0.3) is 0 Å². The summed E-state index contributed by atoms with van der Waals surface area (Å²) in [6, 6.07) is 9.20. The van der Waals surface area contributed by atoms with Crippen molar-refractivity contribution in [3.63, 3.8) is 0 Å². The molecule has 1 aromatic rings. The fraction of sp³-hybridized carbons (Fsp3) is 0.500. The van der Waals surface area contributed by atoms with Crippen LogP contribution in [0.2, 0.25) is 0 Å². The quantitative estimate of drug-likeness (QED) is 0.734. The number of hydrogen-bond donors (Lipinski definition) is 1. The number of aryl methyl sites for hydroxylation is 1. The molecule has 0 unspecified atom stereocenters. The van der Waals surface area contributed by atoms with Crippen LogP contribution < -0.4 is 5.73 Å². The Hall–Kier alpha value is -0.820. The van der Waals surface area contributed by atoms with Gasteiger partial charge in [-0.3, -0.25) is 0 Å². The fourth-order valence-electron chi connectivity index (χ4n) is 1.99. The fourth-order valence-corrected chi connectivity index (χ4v) is 1.99. The maximum Gasteiger partial charge on any atom is 0.00448 e. The van der Waals surface area contributed by atoms with E-state index in [1.54, 1.807) is 0 Å². The van der Waals surface area contributed by atoms with Gasteiger partial charge in [-0.15, -0.1) is 0 Å². The topological polar surface area (TPSA) is 26.0 Å². The molecule has 0 saturated heterocycles. The van der Waals surface area contributed by atoms with Crippen molar-refractivity contribution in [1.82, 2.24) is 0 Å². The molecule has 1 aliphatic carbocycles. The predicted octanol–water partition coefficient (Wildman–Crippen LogP) is 2.45. The van der Waals surface area contributed by atoms with Gasteiger partial charge >= 0.3 is 0 Å². The molecule has 13 heavy (non-hydrogen) atoms. The molecule has 1 nitrogen and oxygen atoms in total.